The summed E-state index contributed by atoms with van der Waals surface area (Å²) < 4.78 is 18.2. The van der Waals surface area contributed by atoms with E-state index in [0.29, 0.717) is 5.69 Å². The van der Waals surface area contributed by atoms with Gasteiger partial charge in [-0.05, 0) is 23.8 Å². The Morgan fingerprint density at radius 3 is 2.38 bits per heavy atom. The summed E-state index contributed by atoms with van der Waals surface area (Å²) >= 11 is 0. The summed E-state index contributed by atoms with van der Waals surface area (Å²) in [6, 6.07) is 14.8. The van der Waals surface area contributed by atoms with Gasteiger partial charge in [0.2, 0.25) is 0 Å². The quantitative estimate of drug-likeness (QED) is 0.860. The molecule has 21 heavy (non-hydrogen) atoms. The second-order valence-electron chi connectivity index (χ2n) is 4.34. The molecular formula is C16H14FNO3. The van der Waals surface area contributed by atoms with Crippen molar-refractivity contribution >= 4 is 17.6 Å². The third-order valence-electron chi connectivity index (χ3n) is 2.71. The average Bonchev–Trinajstić information content (AvgIpc) is 2.49. The van der Waals surface area contributed by atoms with E-state index in [1.807, 2.05) is 6.07 Å². The number of anilines is 1. The van der Waals surface area contributed by atoms with Crippen LogP contribution < -0.4 is 5.32 Å². The van der Waals surface area contributed by atoms with Crippen LogP contribution in [0.3, 0.4) is 0 Å². The zero-order valence-electron chi connectivity index (χ0n) is 11.2. The summed E-state index contributed by atoms with van der Waals surface area (Å²) in [5, 5.41) is 2.58. The number of benzene rings is 2. The highest BCUT2D eigenvalue weighted by Gasteiger charge is 2.11. The molecule has 0 bridgehead atoms. The second-order valence-corrected chi connectivity index (χ2v) is 4.34. The monoisotopic (exact) mass is 287 g/mol. The van der Waals surface area contributed by atoms with E-state index in [0.717, 1.165) is 0 Å². The Morgan fingerprint density at radius 1 is 1.00 bits per heavy atom. The molecule has 0 spiro atoms. The molecule has 0 saturated carbocycles. The largest absolute Gasteiger partial charge is 0.455 e. The number of rotatable bonds is 5. The SMILES string of the molecule is O=C(COC(=O)Cc1ccccc1F)Nc1ccccc1. The molecule has 0 atom stereocenters. The maximum absolute atomic E-state index is 13.3. The van der Waals surface area contributed by atoms with Gasteiger partial charge in [-0.15, -0.1) is 0 Å². The first-order valence-electron chi connectivity index (χ1n) is 6.39. The van der Waals surface area contributed by atoms with E-state index in [4.69, 9.17) is 4.74 Å². The predicted molar refractivity (Wildman–Crippen MR) is 76.1 cm³/mol. The molecule has 2 aromatic rings. The van der Waals surface area contributed by atoms with Gasteiger partial charge in [-0.3, -0.25) is 9.59 Å². The van der Waals surface area contributed by atoms with E-state index < -0.39 is 24.3 Å². The molecule has 0 aromatic heterocycles. The molecule has 1 N–H and O–H groups in total. The van der Waals surface area contributed by atoms with Gasteiger partial charge in [-0.25, -0.2) is 4.39 Å². The normalized spacial score (nSPS) is 9.95. The van der Waals surface area contributed by atoms with Gasteiger partial charge in [0.1, 0.15) is 5.82 Å². The van der Waals surface area contributed by atoms with Crippen molar-refractivity contribution in [2.75, 3.05) is 11.9 Å². The van der Waals surface area contributed by atoms with Crippen LogP contribution in [0.25, 0.3) is 0 Å². The average molecular weight is 287 g/mol. The lowest BCUT2D eigenvalue weighted by Crippen LogP contribution is -2.21. The van der Waals surface area contributed by atoms with Gasteiger partial charge in [0, 0.05) is 5.69 Å². The van der Waals surface area contributed by atoms with Crippen molar-refractivity contribution in [3.8, 4) is 0 Å². The van der Waals surface area contributed by atoms with E-state index in [2.05, 4.69) is 5.32 Å². The van der Waals surface area contributed by atoms with E-state index >= 15 is 0 Å². The Bertz CT molecular complexity index is 628. The zero-order chi connectivity index (χ0) is 15.1. The highest BCUT2D eigenvalue weighted by atomic mass is 19.1. The fourth-order valence-electron chi connectivity index (χ4n) is 1.71. The standard InChI is InChI=1S/C16H14FNO3/c17-14-9-5-4-6-12(14)10-16(20)21-11-15(19)18-13-7-2-1-3-8-13/h1-9H,10-11H2,(H,18,19). The molecule has 4 nitrogen and oxygen atoms in total. The van der Waals surface area contributed by atoms with Gasteiger partial charge in [-0.2, -0.15) is 0 Å². The third-order valence-corrected chi connectivity index (χ3v) is 2.71. The molecule has 2 rings (SSSR count). The molecule has 2 aromatic carbocycles. The molecule has 0 radical (unpaired) electrons. The Balaban J connectivity index is 1.79. The number of carbonyl (C=O) groups excluding carboxylic acids is 2. The number of esters is 1. The molecule has 0 fully saturated rings. The number of hydrogen-bond acceptors (Lipinski definition) is 3. The van der Waals surface area contributed by atoms with Crippen LogP contribution in [0.1, 0.15) is 5.56 Å². The molecule has 0 aliphatic rings. The fourth-order valence-corrected chi connectivity index (χ4v) is 1.71. The predicted octanol–water partition coefficient (Wildman–Crippen LogP) is 2.55. The first-order chi connectivity index (χ1) is 10.1. The van der Waals surface area contributed by atoms with Gasteiger partial charge in [0.15, 0.2) is 6.61 Å². The van der Waals surface area contributed by atoms with Crippen LogP contribution in [-0.2, 0) is 20.7 Å². The van der Waals surface area contributed by atoms with E-state index in [1.165, 1.54) is 18.2 Å². The fraction of sp³-hybridized carbons (Fsp3) is 0.125. The summed E-state index contributed by atoms with van der Waals surface area (Å²) in [5.41, 5.74) is 0.860. The van der Waals surface area contributed by atoms with Crippen molar-refractivity contribution in [3.63, 3.8) is 0 Å². The number of nitrogens with one attached hydrogen (secondary N) is 1. The van der Waals surface area contributed by atoms with Crippen molar-refractivity contribution < 1.29 is 18.7 Å². The van der Waals surface area contributed by atoms with E-state index in [1.54, 1.807) is 30.3 Å². The van der Waals surface area contributed by atoms with Crippen LogP contribution in [0, 0.1) is 5.82 Å². The first kappa shape index (κ1) is 14.7. The molecule has 5 heteroatoms. The van der Waals surface area contributed by atoms with Crippen LogP contribution in [-0.4, -0.2) is 18.5 Å². The van der Waals surface area contributed by atoms with Crippen LogP contribution >= 0.6 is 0 Å². The molecule has 0 aliphatic carbocycles. The molecule has 0 aliphatic heterocycles. The summed E-state index contributed by atoms with van der Waals surface area (Å²) in [7, 11) is 0. The van der Waals surface area contributed by atoms with Gasteiger partial charge >= 0.3 is 5.97 Å². The maximum atomic E-state index is 13.3. The topological polar surface area (TPSA) is 55.4 Å². The smallest absolute Gasteiger partial charge is 0.310 e. The summed E-state index contributed by atoms with van der Waals surface area (Å²) in [5.74, 6) is -1.56. The van der Waals surface area contributed by atoms with Crippen molar-refractivity contribution in [2.24, 2.45) is 0 Å². The van der Waals surface area contributed by atoms with Crippen molar-refractivity contribution in [2.45, 2.75) is 6.42 Å². The highest BCUT2D eigenvalue weighted by Crippen LogP contribution is 2.08. The lowest BCUT2D eigenvalue weighted by Gasteiger charge is -2.07. The molecule has 0 heterocycles. The highest BCUT2D eigenvalue weighted by molar-refractivity contribution is 5.92. The molecule has 0 saturated heterocycles. The lowest BCUT2D eigenvalue weighted by atomic mass is 10.1. The Morgan fingerprint density at radius 2 is 1.67 bits per heavy atom. The number of hydrogen-bond donors (Lipinski definition) is 1. The van der Waals surface area contributed by atoms with E-state index in [9.17, 15) is 14.0 Å². The van der Waals surface area contributed by atoms with Gasteiger partial charge in [0.05, 0.1) is 6.42 Å². The second kappa shape index (κ2) is 7.19. The lowest BCUT2D eigenvalue weighted by molar-refractivity contribution is -0.146. The van der Waals surface area contributed by atoms with Crippen molar-refractivity contribution in [1.82, 2.24) is 0 Å². The summed E-state index contributed by atoms with van der Waals surface area (Å²) in [6.07, 6.45) is -0.203. The first-order valence-corrected chi connectivity index (χ1v) is 6.39. The third kappa shape index (κ3) is 4.72. The number of halogens is 1. The van der Waals surface area contributed by atoms with Gasteiger partial charge in [-0.1, -0.05) is 36.4 Å². The number of amides is 1. The summed E-state index contributed by atoms with van der Waals surface area (Å²) in [6.45, 7) is -0.401. The minimum absolute atomic E-state index is 0.203. The molecule has 1 amide bonds. The zero-order valence-corrected chi connectivity index (χ0v) is 11.2. The van der Waals surface area contributed by atoms with Crippen LogP contribution in [0.5, 0.6) is 0 Å². The Hall–Kier alpha value is -2.69. The summed E-state index contributed by atoms with van der Waals surface area (Å²) in [4.78, 5) is 23.1. The van der Waals surface area contributed by atoms with Gasteiger partial charge < -0.3 is 10.1 Å². The molecule has 0 unspecified atom stereocenters. The van der Waals surface area contributed by atoms with Crippen LogP contribution in [0.4, 0.5) is 10.1 Å². The minimum Gasteiger partial charge on any atom is -0.455 e. The van der Waals surface area contributed by atoms with Crippen LogP contribution in [0.2, 0.25) is 0 Å². The Labute approximate surface area is 121 Å². The molecular weight excluding hydrogens is 273 g/mol. The molecule has 108 valence electrons. The van der Waals surface area contributed by atoms with Crippen LogP contribution in [0.15, 0.2) is 54.6 Å². The number of carbonyl (C=O) groups is 2. The number of para-hydroxylation sites is 1. The minimum atomic E-state index is -0.650. The van der Waals surface area contributed by atoms with Crippen molar-refractivity contribution in [3.05, 3.63) is 66.0 Å². The van der Waals surface area contributed by atoms with Crippen molar-refractivity contribution in [1.29, 1.82) is 0 Å². The number of ether oxygens (including phenoxy) is 1. The van der Waals surface area contributed by atoms with Gasteiger partial charge in [0.25, 0.3) is 5.91 Å². The van der Waals surface area contributed by atoms with E-state index in [-0.39, 0.29) is 12.0 Å². The maximum Gasteiger partial charge on any atom is 0.310 e. The Kier molecular flexibility index (Phi) is 5.04.